The van der Waals surface area contributed by atoms with Gasteiger partial charge in [0.2, 0.25) is 5.91 Å². The summed E-state index contributed by atoms with van der Waals surface area (Å²) >= 11 is 7.18. The van der Waals surface area contributed by atoms with E-state index in [0.29, 0.717) is 34.0 Å². The maximum absolute atomic E-state index is 13.5. The first-order valence-electron chi connectivity index (χ1n) is 13.8. The molecule has 4 aromatic carbocycles. The molecule has 236 valence electrons. The van der Waals surface area contributed by atoms with Crippen LogP contribution < -0.4 is 25.4 Å². The second kappa shape index (κ2) is 15.6. The Morgan fingerprint density at radius 2 is 1.54 bits per heavy atom. The number of methoxy groups -OCH3 is 2. The van der Waals surface area contributed by atoms with Crippen LogP contribution in [0.2, 0.25) is 5.02 Å². The van der Waals surface area contributed by atoms with E-state index < -0.39 is 23.0 Å². The predicted molar refractivity (Wildman–Crippen MR) is 179 cm³/mol. The summed E-state index contributed by atoms with van der Waals surface area (Å²) in [5.41, 5.74) is 1.55. The molecule has 0 aliphatic heterocycles. The summed E-state index contributed by atoms with van der Waals surface area (Å²) in [7, 11) is 3.02. The Balaban J connectivity index is 1.47. The van der Waals surface area contributed by atoms with Crippen molar-refractivity contribution >= 4 is 64.5 Å². The van der Waals surface area contributed by atoms with E-state index in [9.17, 15) is 24.3 Å². The van der Waals surface area contributed by atoms with E-state index in [-0.39, 0.29) is 22.2 Å². The molecule has 0 fully saturated rings. The van der Waals surface area contributed by atoms with Crippen molar-refractivity contribution in [1.29, 1.82) is 0 Å². The summed E-state index contributed by atoms with van der Waals surface area (Å²) in [5, 5.41) is 17.0. The molecule has 4 aromatic rings. The number of hydrogen-bond acceptors (Lipinski definition) is 7. The number of hydrogen-bond donors (Lipinski definition) is 4. The van der Waals surface area contributed by atoms with Gasteiger partial charge in [-0.1, -0.05) is 29.8 Å². The molecule has 1 unspecified atom stereocenters. The van der Waals surface area contributed by atoms with Gasteiger partial charge in [-0.25, -0.2) is 4.79 Å². The number of carbonyl (C=O) groups excluding carboxylic acids is 3. The van der Waals surface area contributed by atoms with E-state index in [1.807, 2.05) is 0 Å². The number of ether oxygens (including phenoxy) is 2. The number of carboxylic acids is 1. The van der Waals surface area contributed by atoms with Gasteiger partial charge >= 0.3 is 5.97 Å². The van der Waals surface area contributed by atoms with Gasteiger partial charge in [0.25, 0.3) is 11.8 Å². The molecule has 12 heteroatoms. The van der Waals surface area contributed by atoms with Crippen molar-refractivity contribution in [2.45, 2.75) is 17.1 Å². The van der Waals surface area contributed by atoms with Crippen molar-refractivity contribution in [2.24, 2.45) is 0 Å². The number of benzene rings is 4. The summed E-state index contributed by atoms with van der Waals surface area (Å²) in [6.07, 6.45) is 1.51. The van der Waals surface area contributed by atoms with Gasteiger partial charge in [0, 0.05) is 33.5 Å². The molecule has 46 heavy (non-hydrogen) atoms. The number of aromatic carboxylic acids is 1. The molecule has 1 atom stereocenters. The summed E-state index contributed by atoms with van der Waals surface area (Å²) in [4.78, 5) is 51.3. The quantitative estimate of drug-likeness (QED) is 0.0986. The van der Waals surface area contributed by atoms with Crippen molar-refractivity contribution in [2.75, 3.05) is 24.9 Å². The molecule has 0 saturated carbocycles. The van der Waals surface area contributed by atoms with Crippen molar-refractivity contribution in [3.05, 3.63) is 118 Å². The van der Waals surface area contributed by atoms with Gasteiger partial charge in [-0.05, 0) is 79.7 Å². The number of carboxylic acid groups (broad SMARTS) is 1. The molecule has 0 heterocycles. The highest BCUT2D eigenvalue weighted by atomic mass is 35.5. The Hall–Kier alpha value is -5.26. The average molecular weight is 660 g/mol. The molecule has 0 bridgehead atoms. The minimum absolute atomic E-state index is 0.0191. The molecule has 0 aliphatic rings. The second-order valence-electron chi connectivity index (χ2n) is 9.71. The number of amides is 3. The van der Waals surface area contributed by atoms with Gasteiger partial charge < -0.3 is 30.5 Å². The lowest BCUT2D eigenvalue weighted by Crippen LogP contribution is -2.30. The molecule has 0 saturated heterocycles. The van der Waals surface area contributed by atoms with Crippen LogP contribution in [0.3, 0.4) is 0 Å². The van der Waals surface area contributed by atoms with Crippen LogP contribution in [0.25, 0.3) is 6.08 Å². The normalized spacial score (nSPS) is 11.6. The third-order valence-electron chi connectivity index (χ3n) is 6.53. The van der Waals surface area contributed by atoms with E-state index in [2.05, 4.69) is 16.0 Å². The standard InChI is InChI=1S/C34H30ClN3O7S/c1-20(31(39)37-24-12-16-28(35)27(18-24)34(42)43)46-26-14-10-23(11-15-26)36-33(41)29(38-32(40)21-7-5-4-6-8-21)17-22-9-13-25(44-2)19-30(22)45-3/h4-20H,1-3H3,(H,36,41)(H,37,39)(H,38,40)(H,42,43)/b29-17-. The van der Waals surface area contributed by atoms with Crippen molar-refractivity contribution in [1.82, 2.24) is 5.32 Å². The highest BCUT2D eigenvalue weighted by molar-refractivity contribution is 8.00. The first kappa shape index (κ1) is 33.6. The minimum Gasteiger partial charge on any atom is -0.497 e. The summed E-state index contributed by atoms with van der Waals surface area (Å²) in [6, 6.07) is 24.7. The first-order valence-corrected chi connectivity index (χ1v) is 15.1. The van der Waals surface area contributed by atoms with Crippen LogP contribution in [-0.4, -0.2) is 48.3 Å². The molecule has 10 nitrogen and oxygen atoms in total. The molecule has 0 spiro atoms. The lowest BCUT2D eigenvalue weighted by atomic mass is 10.1. The van der Waals surface area contributed by atoms with E-state index in [1.165, 1.54) is 50.3 Å². The molecule has 0 aliphatic carbocycles. The molecule has 4 rings (SSSR count). The molecule has 4 N–H and O–H groups in total. The average Bonchev–Trinajstić information content (AvgIpc) is 3.06. The molecular weight excluding hydrogens is 630 g/mol. The lowest BCUT2D eigenvalue weighted by Gasteiger charge is -2.14. The van der Waals surface area contributed by atoms with Crippen molar-refractivity contribution in [3.63, 3.8) is 0 Å². The SMILES string of the molecule is COc1ccc(/C=C(\NC(=O)c2ccccc2)C(=O)Nc2ccc(SC(C)C(=O)Nc3ccc(Cl)c(C(=O)O)c3)cc2)c(OC)c1. The topological polar surface area (TPSA) is 143 Å². The second-order valence-corrected chi connectivity index (χ2v) is 11.5. The van der Waals surface area contributed by atoms with Gasteiger partial charge in [0.1, 0.15) is 17.2 Å². The smallest absolute Gasteiger partial charge is 0.337 e. The Labute approximate surface area is 274 Å². The number of thioether (sulfide) groups is 1. The summed E-state index contributed by atoms with van der Waals surface area (Å²) < 4.78 is 10.7. The van der Waals surface area contributed by atoms with Crippen LogP contribution in [0.15, 0.2) is 102 Å². The summed E-state index contributed by atoms with van der Waals surface area (Å²) in [5.74, 6) is -1.56. The largest absolute Gasteiger partial charge is 0.497 e. The number of carbonyl (C=O) groups is 4. The first-order chi connectivity index (χ1) is 22.1. The van der Waals surface area contributed by atoms with Gasteiger partial charge in [-0.3, -0.25) is 14.4 Å². The summed E-state index contributed by atoms with van der Waals surface area (Å²) in [6.45, 7) is 1.71. The Bertz CT molecular complexity index is 1780. The molecule has 0 aromatic heterocycles. The van der Waals surface area contributed by atoms with Crippen molar-refractivity contribution < 1.29 is 33.8 Å². The Morgan fingerprint density at radius 3 is 2.20 bits per heavy atom. The molecular formula is C34H30ClN3O7S. The zero-order valence-corrected chi connectivity index (χ0v) is 26.6. The third kappa shape index (κ3) is 8.90. The Morgan fingerprint density at radius 1 is 0.848 bits per heavy atom. The van der Waals surface area contributed by atoms with Crippen LogP contribution in [0, 0.1) is 0 Å². The number of nitrogens with one attached hydrogen (secondary N) is 3. The maximum atomic E-state index is 13.5. The van der Waals surface area contributed by atoms with Crippen LogP contribution in [0.1, 0.15) is 33.2 Å². The highest BCUT2D eigenvalue weighted by Gasteiger charge is 2.19. The maximum Gasteiger partial charge on any atom is 0.337 e. The van der Waals surface area contributed by atoms with E-state index in [1.54, 1.807) is 79.7 Å². The lowest BCUT2D eigenvalue weighted by molar-refractivity contribution is -0.115. The molecule has 3 amide bonds. The fourth-order valence-electron chi connectivity index (χ4n) is 4.12. The Kier molecular flexibility index (Phi) is 11.4. The van der Waals surface area contributed by atoms with Crippen molar-refractivity contribution in [3.8, 4) is 11.5 Å². The number of anilines is 2. The van der Waals surface area contributed by atoms with Crippen LogP contribution >= 0.6 is 23.4 Å². The fourth-order valence-corrected chi connectivity index (χ4v) is 5.19. The molecule has 0 radical (unpaired) electrons. The van der Waals surface area contributed by atoms with Crippen LogP contribution in [-0.2, 0) is 9.59 Å². The van der Waals surface area contributed by atoms with Crippen LogP contribution in [0.4, 0.5) is 11.4 Å². The highest BCUT2D eigenvalue weighted by Crippen LogP contribution is 2.28. The van der Waals surface area contributed by atoms with Gasteiger partial charge in [-0.15, -0.1) is 11.8 Å². The zero-order chi connectivity index (χ0) is 33.2. The predicted octanol–water partition coefficient (Wildman–Crippen LogP) is 6.58. The monoisotopic (exact) mass is 659 g/mol. The fraction of sp³-hybridized carbons (Fsp3) is 0.118. The zero-order valence-electron chi connectivity index (χ0n) is 25.0. The number of rotatable bonds is 12. The third-order valence-corrected chi connectivity index (χ3v) is 7.97. The van der Waals surface area contributed by atoms with Gasteiger partial charge in [0.05, 0.1) is 30.1 Å². The van der Waals surface area contributed by atoms with Gasteiger partial charge in [-0.2, -0.15) is 0 Å². The number of halogens is 1. The van der Waals surface area contributed by atoms with E-state index >= 15 is 0 Å². The van der Waals surface area contributed by atoms with E-state index in [4.69, 9.17) is 21.1 Å². The van der Waals surface area contributed by atoms with Crippen LogP contribution in [0.5, 0.6) is 11.5 Å². The minimum atomic E-state index is -1.20. The van der Waals surface area contributed by atoms with Gasteiger partial charge in [0.15, 0.2) is 0 Å². The van der Waals surface area contributed by atoms with E-state index in [0.717, 1.165) is 4.90 Å².